The van der Waals surface area contributed by atoms with Crippen molar-refractivity contribution in [1.82, 2.24) is 9.55 Å². The molecule has 0 unspecified atom stereocenters. The van der Waals surface area contributed by atoms with Crippen LogP contribution in [0.4, 0.5) is 13.2 Å². The van der Waals surface area contributed by atoms with Crippen LogP contribution < -0.4 is 0 Å². The molecule has 0 aliphatic heterocycles. The van der Waals surface area contributed by atoms with Crippen LogP contribution in [0, 0.1) is 6.92 Å². The first-order valence-corrected chi connectivity index (χ1v) is 6.52. The SMILES string of the molecule is COCCn1cc(C(=O)OC(=O)C(F)(F)F)c2nccc(C)c21. The van der Waals surface area contributed by atoms with Crippen LogP contribution in [0.5, 0.6) is 0 Å². The average Bonchev–Trinajstić information content (AvgIpc) is 2.84. The number of halogens is 3. The van der Waals surface area contributed by atoms with Gasteiger partial charge in [-0.05, 0) is 18.6 Å². The topological polar surface area (TPSA) is 70.4 Å². The van der Waals surface area contributed by atoms with E-state index in [1.165, 1.54) is 19.5 Å². The number of alkyl halides is 3. The Morgan fingerprint density at radius 3 is 2.65 bits per heavy atom. The Balaban J connectivity index is 2.43. The minimum atomic E-state index is -5.24. The summed E-state index contributed by atoms with van der Waals surface area (Å²) in [5, 5.41) is 0. The van der Waals surface area contributed by atoms with E-state index in [9.17, 15) is 22.8 Å². The van der Waals surface area contributed by atoms with E-state index in [-0.39, 0.29) is 11.1 Å². The zero-order valence-corrected chi connectivity index (χ0v) is 12.3. The number of aryl methyl sites for hydroxylation is 1. The lowest BCUT2D eigenvalue weighted by molar-refractivity contribution is -0.193. The van der Waals surface area contributed by atoms with Gasteiger partial charge < -0.3 is 14.0 Å². The zero-order valence-electron chi connectivity index (χ0n) is 12.3. The molecule has 124 valence electrons. The quantitative estimate of drug-likeness (QED) is 0.635. The second-order valence-electron chi connectivity index (χ2n) is 4.73. The Kier molecular flexibility index (Phi) is 4.69. The molecule has 9 heteroatoms. The molecule has 0 N–H and O–H groups in total. The molecular weight excluding hydrogens is 317 g/mol. The minimum absolute atomic E-state index is 0.168. The van der Waals surface area contributed by atoms with Gasteiger partial charge in [0.25, 0.3) is 0 Å². The summed E-state index contributed by atoms with van der Waals surface area (Å²) in [7, 11) is 1.49. The van der Waals surface area contributed by atoms with Crippen molar-refractivity contribution in [2.45, 2.75) is 19.6 Å². The largest absolute Gasteiger partial charge is 0.491 e. The van der Waals surface area contributed by atoms with Crippen molar-refractivity contribution in [2.75, 3.05) is 13.7 Å². The lowest BCUT2D eigenvalue weighted by atomic mass is 10.2. The Morgan fingerprint density at radius 2 is 2.04 bits per heavy atom. The number of carbonyl (C=O) groups is 2. The van der Waals surface area contributed by atoms with E-state index in [2.05, 4.69) is 9.72 Å². The highest BCUT2D eigenvalue weighted by Crippen LogP contribution is 2.24. The van der Waals surface area contributed by atoms with Gasteiger partial charge in [-0.15, -0.1) is 0 Å². The fourth-order valence-electron chi connectivity index (χ4n) is 2.10. The van der Waals surface area contributed by atoms with Crippen molar-refractivity contribution in [3.05, 3.63) is 29.6 Å². The molecule has 0 saturated carbocycles. The first-order chi connectivity index (χ1) is 10.8. The van der Waals surface area contributed by atoms with E-state index < -0.39 is 18.1 Å². The van der Waals surface area contributed by atoms with Gasteiger partial charge in [0, 0.05) is 26.0 Å². The standard InChI is InChI=1S/C14H13F3N2O4/c1-8-3-4-18-10-9(7-19(11(8)10)5-6-22-2)12(20)23-13(21)14(15,16)17/h3-4,7H,5-6H2,1-2H3. The van der Waals surface area contributed by atoms with Crippen LogP contribution in [0.1, 0.15) is 15.9 Å². The van der Waals surface area contributed by atoms with Gasteiger partial charge >= 0.3 is 18.1 Å². The first kappa shape index (κ1) is 16.9. The van der Waals surface area contributed by atoms with Crippen molar-refractivity contribution in [1.29, 1.82) is 0 Å². The van der Waals surface area contributed by atoms with Crippen molar-refractivity contribution in [2.24, 2.45) is 0 Å². The monoisotopic (exact) mass is 330 g/mol. The highest BCUT2D eigenvalue weighted by Gasteiger charge is 2.43. The summed E-state index contributed by atoms with van der Waals surface area (Å²) in [6.45, 7) is 2.46. The summed E-state index contributed by atoms with van der Waals surface area (Å²) in [6, 6.07) is 1.70. The van der Waals surface area contributed by atoms with Gasteiger partial charge in [0.15, 0.2) is 0 Å². The predicted molar refractivity (Wildman–Crippen MR) is 72.8 cm³/mol. The average molecular weight is 330 g/mol. The van der Waals surface area contributed by atoms with Crippen molar-refractivity contribution >= 4 is 23.0 Å². The molecule has 0 fully saturated rings. The summed E-state index contributed by atoms with van der Waals surface area (Å²) < 4.78 is 47.1. The lowest BCUT2D eigenvalue weighted by Gasteiger charge is -2.05. The summed E-state index contributed by atoms with van der Waals surface area (Å²) in [6.07, 6.45) is -2.52. The second-order valence-corrected chi connectivity index (χ2v) is 4.73. The molecule has 2 heterocycles. The van der Waals surface area contributed by atoms with E-state index in [1.807, 2.05) is 0 Å². The van der Waals surface area contributed by atoms with E-state index in [0.717, 1.165) is 5.56 Å². The Morgan fingerprint density at radius 1 is 1.35 bits per heavy atom. The normalized spacial score (nSPS) is 11.7. The zero-order chi connectivity index (χ0) is 17.2. The van der Waals surface area contributed by atoms with Crippen LogP contribution in [-0.4, -0.2) is 41.4 Å². The van der Waals surface area contributed by atoms with Crippen LogP contribution >= 0.6 is 0 Å². The van der Waals surface area contributed by atoms with E-state index in [4.69, 9.17) is 4.74 Å². The third-order valence-electron chi connectivity index (χ3n) is 3.13. The number of carbonyl (C=O) groups excluding carboxylic acids is 2. The third-order valence-corrected chi connectivity index (χ3v) is 3.13. The number of methoxy groups -OCH3 is 1. The molecule has 2 rings (SSSR count). The van der Waals surface area contributed by atoms with Crippen LogP contribution in [0.2, 0.25) is 0 Å². The minimum Gasteiger partial charge on any atom is -0.383 e. The van der Waals surface area contributed by atoms with Gasteiger partial charge in [0.1, 0.15) is 11.1 Å². The van der Waals surface area contributed by atoms with Crippen LogP contribution in [0.3, 0.4) is 0 Å². The van der Waals surface area contributed by atoms with Crippen LogP contribution in [0.15, 0.2) is 18.5 Å². The summed E-state index contributed by atoms with van der Waals surface area (Å²) >= 11 is 0. The highest BCUT2D eigenvalue weighted by atomic mass is 19.4. The fraction of sp³-hybridized carbons (Fsp3) is 0.357. The first-order valence-electron chi connectivity index (χ1n) is 6.52. The highest BCUT2D eigenvalue weighted by molar-refractivity contribution is 6.07. The number of esters is 2. The molecule has 2 aromatic heterocycles. The number of rotatable bonds is 4. The molecule has 6 nitrogen and oxygen atoms in total. The Bertz CT molecular complexity index is 752. The van der Waals surface area contributed by atoms with Gasteiger partial charge in [0.05, 0.1) is 12.1 Å². The maximum Gasteiger partial charge on any atom is 0.491 e. The van der Waals surface area contributed by atoms with E-state index >= 15 is 0 Å². The Hall–Kier alpha value is -2.42. The molecule has 0 atom stereocenters. The Labute approximate surface area is 128 Å². The van der Waals surface area contributed by atoms with Crippen molar-refractivity contribution in [3.8, 4) is 0 Å². The predicted octanol–water partition coefficient (Wildman–Crippen LogP) is 2.24. The summed E-state index contributed by atoms with van der Waals surface area (Å²) in [5.41, 5.74) is 1.29. The molecule has 0 aliphatic carbocycles. The van der Waals surface area contributed by atoms with E-state index in [0.29, 0.717) is 18.7 Å². The second kappa shape index (κ2) is 6.37. The van der Waals surface area contributed by atoms with Gasteiger partial charge in [-0.25, -0.2) is 9.59 Å². The maximum absolute atomic E-state index is 12.2. The van der Waals surface area contributed by atoms with Crippen molar-refractivity contribution < 1.29 is 32.2 Å². The number of aromatic nitrogens is 2. The van der Waals surface area contributed by atoms with Crippen LogP contribution in [0.25, 0.3) is 11.0 Å². The van der Waals surface area contributed by atoms with Crippen LogP contribution in [-0.2, 0) is 20.8 Å². The number of pyridine rings is 1. The molecule has 0 spiro atoms. The third kappa shape index (κ3) is 3.50. The molecular formula is C14H13F3N2O4. The number of hydrogen-bond donors (Lipinski definition) is 0. The van der Waals surface area contributed by atoms with Gasteiger partial charge in [-0.2, -0.15) is 13.2 Å². The molecule has 0 radical (unpaired) electrons. The van der Waals surface area contributed by atoms with Gasteiger partial charge in [-0.3, -0.25) is 4.98 Å². The number of fused-ring (bicyclic) bond motifs is 1. The molecule has 23 heavy (non-hydrogen) atoms. The molecule has 0 amide bonds. The summed E-state index contributed by atoms with van der Waals surface area (Å²) in [5.74, 6) is -3.96. The molecule has 0 saturated heterocycles. The maximum atomic E-state index is 12.2. The van der Waals surface area contributed by atoms with Gasteiger partial charge in [-0.1, -0.05) is 0 Å². The molecule has 0 aromatic carbocycles. The number of nitrogens with zero attached hydrogens (tertiary/aromatic N) is 2. The molecule has 0 aliphatic rings. The van der Waals surface area contributed by atoms with Crippen molar-refractivity contribution in [3.63, 3.8) is 0 Å². The van der Waals surface area contributed by atoms with E-state index in [1.54, 1.807) is 17.6 Å². The van der Waals surface area contributed by atoms with Gasteiger partial charge in [0.2, 0.25) is 0 Å². The summed E-state index contributed by atoms with van der Waals surface area (Å²) in [4.78, 5) is 26.7. The number of hydrogen-bond acceptors (Lipinski definition) is 5. The lowest BCUT2D eigenvalue weighted by Crippen LogP contribution is -2.28. The smallest absolute Gasteiger partial charge is 0.383 e. The molecule has 0 bridgehead atoms. The fourth-order valence-corrected chi connectivity index (χ4v) is 2.10. The molecule has 2 aromatic rings. The number of ether oxygens (including phenoxy) is 2.